The van der Waals surface area contributed by atoms with Crippen LogP contribution in [0.5, 0.6) is 0 Å². The Labute approximate surface area is 136 Å². The first kappa shape index (κ1) is 15.8. The molecule has 120 valence electrons. The number of halogens is 1. The zero-order valence-corrected chi connectivity index (χ0v) is 13.5. The van der Waals surface area contributed by atoms with Crippen LogP contribution in [0, 0.1) is 0 Å². The Hall–Kier alpha value is -1.10. The molecule has 3 rings (SSSR count). The number of hydrogen-bond donors (Lipinski definition) is 1. The van der Waals surface area contributed by atoms with Gasteiger partial charge in [0.15, 0.2) is 0 Å². The van der Waals surface area contributed by atoms with Gasteiger partial charge in [-0.3, -0.25) is 4.79 Å². The molecule has 0 aliphatic carbocycles. The largest absolute Gasteiger partial charge is 0.373 e. The molecule has 2 saturated heterocycles. The molecule has 2 heterocycles. The number of carbonyl (C=O) groups is 1. The van der Waals surface area contributed by atoms with Gasteiger partial charge in [0, 0.05) is 37.1 Å². The number of benzene rings is 1. The molecule has 2 aliphatic heterocycles. The van der Waals surface area contributed by atoms with Gasteiger partial charge in [-0.05, 0) is 37.0 Å². The summed E-state index contributed by atoms with van der Waals surface area (Å²) in [5.74, 6) is 0.276. The predicted molar refractivity (Wildman–Crippen MR) is 87.1 cm³/mol. The molecule has 22 heavy (non-hydrogen) atoms. The number of piperidine rings is 1. The van der Waals surface area contributed by atoms with Crippen molar-refractivity contribution in [1.82, 2.24) is 10.2 Å². The number of likely N-dealkylation sites (tertiary alicyclic amines) is 1. The molecule has 1 aromatic rings. The molecule has 0 bridgehead atoms. The first-order chi connectivity index (χ1) is 10.7. The lowest BCUT2D eigenvalue weighted by molar-refractivity contribution is -0.136. The van der Waals surface area contributed by atoms with E-state index in [4.69, 9.17) is 16.3 Å². The fourth-order valence-corrected chi connectivity index (χ4v) is 3.25. The third-order valence-corrected chi connectivity index (χ3v) is 4.66. The van der Waals surface area contributed by atoms with E-state index in [2.05, 4.69) is 17.4 Å². The highest BCUT2D eigenvalue weighted by Crippen LogP contribution is 2.15. The second-order valence-corrected chi connectivity index (χ2v) is 6.62. The lowest BCUT2D eigenvalue weighted by atomic mass is 10.0. The van der Waals surface area contributed by atoms with Crippen LogP contribution < -0.4 is 5.32 Å². The molecule has 5 heteroatoms. The monoisotopic (exact) mass is 322 g/mol. The summed E-state index contributed by atoms with van der Waals surface area (Å²) >= 11 is 5.91. The van der Waals surface area contributed by atoms with E-state index in [0.717, 1.165) is 43.9 Å². The first-order valence-corrected chi connectivity index (χ1v) is 8.46. The Bertz CT molecular complexity index is 498. The Kier molecular flexibility index (Phi) is 5.34. The molecular weight excluding hydrogens is 300 g/mol. The van der Waals surface area contributed by atoms with Crippen molar-refractivity contribution in [2.45, 2.75) is 37.8 Å². The number of ether oxygens (including phenoxy) is 1. The molecule has 2 aliphatic rings. The fraction of sp³-hybridized carbons (Fsp3) is 0.588. The maximum atomic E-state index is 11.8. The lowest BCUT2D eigenvalue weighted by Gasteiger charge is -2.35. The second kappa shape index (κ2) is 7.44. The van der Waals surface area contributed by atoms with Crippen molar-refractivity contribution in [1.29, 1.82) is 0 Å². The molecule has 0 aromatic heterocycles. The average molecular weight is 323 g/mol. The van der Waals surface area contributed by atoms with Crippen molar-refractivity contribution in [3.8, 4) is 0 Å². The van der Waals surface area contributed by atoms with Gasteiger partial charge in [0.2, 0.25) is 5.91 Å². The molecule has 2 fully saturated rings. The van der Waals surface area contributed by atoms with Crippen LogP contribution in [0.1, 0.15) is 24.8 Å². The van der Waals surface area contributed by atoms with Crippen LogP contribution in [0.2, 0.25) is 5.02 Å². The highest BCUT2D eigenvalue weighted by molar-refractivity contribution is 6.30. The molecule has 1 amide bonds. The number of morpholine rings is 1. The van der Waals surface area contributed by atoms with Crippen molar-refractivity contribution in [3.63, 3.8) is 0 Å². The van der Waals surface area contributed by atoms with E-state index in [1.54, 1.807) is 0 Å². The first-order valence-electron chi connectivity index (χ1n) is 8.08. The van der Waals surface area contributed by atoms with Gasteiger partial charge in [-0.25, -0.2) is 0 Å². The maximum absolute atomic E-state index is 11.8. The Balaban J connectivity index is 1.44. The minimum absolute atomic E-state index is 0.114. The molecular formula is C17H23ClN2O2. The van der Waals surface area contributed by atoms with Crippen LogP contribution in [0.4, 0.5) is 0 Å². The van der Waals surface area contributed by atoms with Crippen molar-refractivity contribution >= 4 is 17.5 Å². The summed E-state index contributed by atoms with van der Waals surface area (Å²) in [5, 5.41) is 4.31. The lowest BCUT2D eigenvalue weighted by Crippen LogP contribution is -2.52. The minimum atomic E-state index is 0.114. The van der Waals surface area contributed by atoms with Crippen LogP contribution in [0.15, 0.2) is 24.3 Å². The second-order valence-electron chi connectivity index (χ2n) is 6.19. The summed E-state index contributed by atoms with van der Waals surface area (Å²) in [6, 6.07) is 8.29. The van der Waals surface area contributed by atoms with E-state index < -0.39 is 0 Å². The van der Waals surface area contributed by atoms with Crippen LogP contribution in [0.3, 0.4) is 0 Å². The van der Waals surface area contributed by atoms with Crippen molar-refractivity contribution in [2.75, 3.05) is 26.2 Å². The van der Waals surface area contributed by atoms with Gasteiger partial charge in [0.25, 0.3) is 0 Å². The number of carbonyl (C=O) groups excluding carboxylic acids is 1. The normalized spacial score (nSPS) is 26.2. The molecule has 1 N–H and O–H groups in total. The molecule has 0 radical (unpaired) electrons. The third kappa shape index (κ3) is 4.22. The van der Waals surface area contributed by atoms with Gasteiger partial charge in [-0.15, -0.1) is 0 Å². The van der Waals surface area contributed by atoms with E-state index in [1.165, 1.54) is 5.56 Å². The van der Waals surface area contributed by atoms with E-state index in [0.29, 0.717) is 19.1 Å². The summed E-state index contributed by atoms with van der Waals surface area (Å²) in [7, 11) is 0. The van der Waals surface area contributed by atoms with Gasteiger partial charge in [-0.1, -0.05) is 23.7 Å². The quantitative estimate of drug-likeness (QED) is 0.924. The van der Waals surface area contributed by atoms with E-state index in [-0.39, 0.29) is 12.0 Å². The Morgan fingerprint density at radius 1 is 1.27 bits per heavy atom. The molecule has 0 saturated carbocycles. The number of rotatable bonds is 4. The van der Waals surface area contributed by atoms with E-state index in [9.17, 15) is 4.79 Å². The fourth-order valence-electron chi connectivity index (χ4n) is 3.12. The third-order valence-electron chi connectivity index (χ3n) is 4.41. The molecule has 4 nitrogen and oxygen atoms in total. The summed E-state index contributed by atoms with van der Waals surface area (Å²) in [4.78, 5) is 13.8. The Morgan fingerprint density at radius 2 is 2.09 bits per heavy atom. The van der Waals surface area contributed by atoms with Gasteiger partial charge in [0.05, 0.1) is 12.7 Å². The highest BCUT2D eigenvalue weighted by atomic mass is 35.5. The van der Waals surface area contributed by atoms with Crippen molar-refractivity contribution in [3.05, 3.63) is 34.9 Å². The van der Waals surface area contributed by atoms with Gasteiger partial charge in [0.1, 0.15) is 0 Å². The van der Waals surface area contributed by atoms with Crippen LogP contribution in [-0.4, -0.2) is 49.2 Å². The number of hydrogen-bond acceptors (Lipinski definition) is 3. The van der Waals surface area contributed by atoms with Gasteiger partial charge >= 0.3 is 0 Å². The molecule has 0 unspecified atom stereocenters. The molecule has 0 spiro atoms. The van der Waals surface area contributed by atoms with E-state index in [1.807, 2.05) is 17.0 Å². The smallest absolute Gasteiger partial charge is 0.222 e. The SMILES string of the molecule is O=C1CCCCN1C[C@H]1CN[C@@H](Cc2ccc(Cl)cc2)CO1. The summed E-state index contributed by atoms with van der Waals surface area (Å²) < 4.78 is 5.96. The standard InChI is InChI=1S/C17H23ClN2O2/c18-14-6-4-13(5-7-14)9-15-12-22-16(10-19-15)11-20-8-2-1-3-17(20)21/h4-7,15-16,19H,1-3,8-12H2/t15-,16+/m0/s1. The number of nitrogens with zero attached hydrogens (tertiary/aromatic N) is 1. The topological polar surface area (TPSA) is 41.6 Å². The predicted octanol–water partition coefficient (Wildman–Crippen LogP) is 2.25. The summed E-state index contributed by atoms with van der Waals surface area (Å²) in [6.07, 6.45) is 3.89. The zero-order valence-electron chi connectivity index (χ0n) is 12.8. The number of amides is 1. The minimum Gasteiger partial charge on any atom is -0.373 e. The summed E-state index contributed by atoms with van der Waals surface area (Å²) in [6.45, 7) is 3.10. The highest BCUT2D eigenvalue weighted by Gasteiger charge is 2.26. The number of nitrogens with one attached hydrogen (secondary N) is 1. The molecule has 1 aromatic carbocycles. The molecule has 2 atom stereocenters. The Morgan fingerprint density at radius 3 is 2.77 bits per heavy atom. The van der Waals surface area contributed by atoms with E-state index >= 15 is 0 Å². The van der Waals surface area contributed by atoms with Crippen LogP contribution in [0.25, 0.3) is 0 Å². The average Bonchev–Trinajstić information content (AvgIpc) is 2.54. The summed E-state index contributed by atoms with van der Waals surface area (Å²) in [5.41, 5.74) is 1.26. The van der Waals surface area contributed by atoms with Gasteiger partial charge in [-0.2, -0.15) is 0 Å². The van der Waals surface area contributed by atoms with Crippen LogP contribution in [-0.2, 0) is 16.0 Å². The van der Waals surface area contributed by atoms with Crippen molar-refractivity contribution in [2.24, 2.45) is 0 Å². The maximum Gasteiger partial charge on any atom is 0.222 e. The van der Waals surface area contributed by atoms with Crippen molar-refractivity contribution < 1.29 is 9.53 Å². The zero-order chi connectivity index (χ0) is 15.4. The van der Waals surface area contributed by atoms with Crippen LogP contribution >= 0.6 is 11.6 Å². The van der Waals surface area contributed by atoms with Gasteiger partial charge < -0.3 is 15.0 Å².